The van der Waals surface area contributed by atoms with Crippen molar-refractivity contribution in [3.05, 3.63) is 250 Å². The summed E-state index contributed by atoms with van der Waals surface area (Å²) in [6.45, 7) is 3.72. The maximum absolute atomic E-state index is 15.0. The normalized spacial score (nSPS) is 16.4. The lowest BCUT2D eigenvalue weighted by Crippen LogP contribution is -2.33. The Balaban J connectivity index is 0.937. The molecule has 3 unspecified atom stereocenters. The summed E-state index contributed by atoms with van der Waals surface area (Å²) in [5.74, 6) is 3.04. The minimum atomic E-state index is -4.60. The molecule has 1 heterocycles. The first-order chi connectivity index (χ1) is 37.8. The van der Waals surface area contributed by atoms with E-state index in [-0.39, 0.29) is 39.2 Å². The molecule has 11 nitrogen and oxygen atoms in total. The van der Waals surface area contributed by atoms with Gasteiger partial charge in [0.05, 0.1) is 10.5 Å². The smallest absolute Gasteiger partial charge is 0.294 e. The number of hydrogen-bond donors (Lipinski definition) is 1. The number of aryl methyl sites for hydroxylation is 2. The van der Waals surface area contributed by atoms with Gasteiger partial charge in [0, 0.05) is 45.5 Å². The van der Waals surface area contributed by atoms with E-state index in [2.05, 4.69) is 41.4 Å². The van der Waals surface area contributed by atoms with E-state index in [1.165, 1.54) is 35.7 Å². The highest BCUT2D eigenvalue weighted by Gasteiger charge is 2.52. The lowest BCUT2D eigenvalue weighted by atomic mass is 9.64. The van der Waals surface area contributed by atoms with Crippen LogP contribution in [0.25, 0.3) is 22.3 Å². The molecule has 11 rings (SSSR count). The number of rotatable bonds is 15. The van der Waals surface area contributed by atoms with Gasteiger partial charge in [-0.2, -0.15) is 18.9 Å². The van der Waals surface area contributed by atoms with Crippen molar-refractivity contribution in [2.45, 2.75) is 49.8 Å². The molecule has 12 heteroatoms. The molecular weight excluding hydrogens is 995 g/mol. The van der Waals surface area contributed by atoms with Crippen LogP contribution in [0.2, 0.25) is 0 Å². The third kappa shape index (κ3) is 9.83. The number of ether oxygens (including phenoxy) is 3. The lowest BCUT2D eigenvalue weighted by molar-refractivity contribution is 0.103. The van der Waals surface area contributed by atoms with Gasteiger partial charge >= 0.3 is 0 Å². The van der Waals surface area contributed by atoms with Gasteiger partial charge in [-0.05, 0) is 169 Å². The third-order valence-corrected chi connectivity index (χ3v) is 16.0. The zero-order valence-corrected chi connectivity index (χ0v) is 43.3. The first-order valence-corrected chi connectivity index (χ1v) is 26.9. The predicted molar refractivity (Wildman–Crippen MR) is 296 cm³/mol. The molecule has 0 aliphatic heterocycles. The standard InChI is InChI=1S/C66H49N3O8S/c1-41-15-31-54(57(34-41)65(71)46-9-6-10-53(36-46)78(72,73)74)45-19-32-56(58(37-45)64(70)44-17-25-52(26-18-44)77-63-14-3-4-33-69-63)55-11-7-13-62(60(55)40-68)76-51-29-23-48(24-30-51)66(38-43-16-20-49(66)35-43)47-21-27-50(28-22-47)75-61-12-5-8-42(2)59(61)39-67/h3-15,17-19,21-34,36-37,43,49H,16,20,35,38H2,1-2H3,(H,72,73,74). The number of nitrogens with zero attached hydrogens (tertiary/aromatic N) is 3. The molecule has 2 fully saturated rings. The predicted octanol–water partition coefficient (Wildman–Crippen LogP) is 15.0. The van der Waals surface area contributed by atoms with Crippen LogP contribution in [-0.4, -0.2) is 29.5 Å². The van der Waals surface area contributed by atoms with Gasteiger partial charge in [0.2, 0.25) is 5.88 Å². The van der Waals surface area contributed by atoms with Gasteiger partial charge in [0.15, 0.2) is 11.6 Å². The van der Waals surface area contributed by atoms with E-state index in [0.717, 1.165) is 36.5 Å². The largest absolute Gasteiger partial charge is 0.456 e. The molecular formula is C66H49N3O8S. The number of hydrogen-bond acceptors (Lipinski definition) is 10. The molecule has 2 aliphatic rings. The Morgan fingerprint density at radius 2 is 1.21 bits per heavy atom. The van der Waals surface area contributed by atoms with Gasteiger partial charge in [-0.15, -0.1) is 0 Å². The highest BCUT2D eigenvalue weighted by molar-refractivity contribution is 7.85. The molecule has 1 N–H and O–H groups in total. The number of pyridine rings is 1. The number of nitriles is 2. The summed E-state index contributed by atoms with van der Waals surface area (Å²) in [4.78, 5) is 33.1. The Morgan fingerprint density at radius 1 is 0.590 bits per heavy atom. The molecule has 0 radical (unpaired) electrons. The summed E-state index contributed by atoms with van der Waals surface area (Å²) >= 11 is 0. The highest BCUT2D eigenvalue weighted by Crippen LogP contribution is 2.60. The average Bonchev–Trinajstić information content (AvgIpc) is 4.28. The average molecular weight is 1040 g/mol. The maximum atomic E-state index is 15.0. The molecule has 0 amide bonds. The highest BCUT2D eigenvalue weighted by atomic mass is 32.2. The second kappa shape index (κ2) is 20.9. The summed E-state index contributed by atoms with van der Waals surface area (Å²) in [6.07, 6.45) is 6.12. The Morgan fingerprint density at radius 3 is 1.83 bits per heavy atom. The SMILES string of the molecule is Cc1ccc(-c2ccc(-c3cccc(Oc4ccc(C5(c6ccc(Oc7cccc(C)c7C#N)cc6)CC6CCC5C6)cc4)c3C#N)c(C(=O)c3ccc(Oc4ccccn4)cc3)c2)c(C(=O)c2cccc(S(=O)(=O)O)c2)c1. The van der Waals surface area contributed by atoms with Gasteiger partial charge in [-0.25, -0.2) is 4.98 Å². The quantitative estimate of drug-likeness (QED) is 0.0763. The van der Waals surface area contributed by atoms with Crippen LogP contribution in [0.15, 0.2) is 199 Å². The summed E-state index contributed by atoms with van der Waals surface area (Å²) in [7, 11) is -4.60. The monoisotopic (exact) mass is 1040 g/mol. The number of aromatic nitrogens is 1. The van der Waals surface area contributed by atoms with Gasteiger partial charge < -0.3 is 14.2 Å². The van der Waals surface area contributed by atoms with Crippen molar-refractivity contribution in [1.29, 1.82) is 10.5 Å². The first kappa shape index (κ1) is 50.7. The van der Waals surface area contributed by atoms with Crippen LogP contribution in [0, 0.1) is 48.3 Å². The molecule has 2 bridgehead atoms. The Hall–Kier alpha value is -9.46. The van der Waals surface area contributed by atoms with Crippen LogP contribution < -0.4 is 14.2 Å². The summed E-state index contributed by atoms with van der Waals surface area (Å²) in [5.41, 5.74) is 7.19. The van der Waals surface area contributed by atoms with E-state index in [1.54, 1.807) is 97.2 Å². The minimum absolute atomic E-state index is 0.0420. The fraction of sp³-hybridized carbons (Fsp3) is 0.136. The first-order valence-electron chi connectivity index (χ1n) is 25.5. The van der Waals surface area contributed by atoms with E-state index in [1.807, 2.05) is 62.4 Å². The molecule has 78 heavy (non-hydrogen) atoms. The zero-order valence-electron chi connectivity index (χ0n) is 42.5. The van der Waals surface area contributed by atoms with Crippen molar-refractivity contribution in [2.75, 3.05) is 0 Å². The van der Waals surface area contributed by atoms with E-state index in [9.17, 15) is 28.3 Å². The molecule has 0 spiro atoms. The number of carbonyl (C=O) groups excluding carboxylic acids is 2. The molecule has 8 aromatic carbocycles. The number of fused-ring (bicyclic) bond motifs is 2. The second-order valence-electron chi connectivity index (χ2n) is 19.9. The maximum Gasteiger partial charge on any atom is 0.294 e. The van der Waals surface area contributed by atoms with Gasteiger partial charge in [0.25, 0.3) is 10.1 Å². The summed E-state index contributed by atoms with van der Waals surface area (Å²) < 4.78 is 52.7. The van der Waals surface area contributed by atoms with Crippen LogP contribution in [0.4, 0.5) is 0 Å². The van der Waals surface area contributed by atoms with Crippen molar-refractivity contribution in [3.8, 4) is 69.0 Å². The van der Waals surface area contributed by atoms with Crippen LogP contribution in [0.5, 0.6) is 34.6 Å². The second-order valence-corrected chi connectivity index (χ2v) is 21.3. The molecule has 9 aromatic rings. The lowest BCUT2D eigenvalue weighted by Gasteiger charge is -2.39. The van der Waals surface area contributed by atoms with Crippen molar-refractivity contribution in [1.82, 2.24) is 4.98 Å². The van der Waals surface area contributed by atoms with E-state index in [4.69, 9.17) is 14.2 Å². The minimum Gasteiger partial charge on any atom is -0.456 e. The van der Waals surface area contributed by atoms with E-state index < -0.39 is 20.8 Å². The molecule has 3 atom stereocenters. The van der Waals surface area contributed by atoms with Crippen molar-refractivity contribution >= 4 is 21.7 Å². The fourth-order valence-corrected chi connectivity index (χ4v) is 12.0. The van der Waals surface area contributed by atoms with E-state index in [0.29, 0.717) is 74.1 Å². The Labute approximate surface area is 452 Å². The molecule has 0 saturated heterocycles. The molecule has 382 valence electrons. The van der Waals surface area contributed by atoms with Gasteiger partial charge in [0.1, 0.15) is 46.4 Å². The van der Waals surface area contributed by atoms with Gasteiger partial charge in [-0.1, -0.05) is 103 Å². The number of carbonyl (C=O) groups is 2. The number of benzene rings is 8. The fourth-order valence-electron chi connectivity index (χ4n) is 11.5. The van der Waals surface area contributed by atoms with Crippen LogP contribution in [0.1, 0.15) is 90.9 Å². The molecule has 2 aliphatic carbocycles. The number of ketones is 2. The van der Waals surface area contributed by atoms with Crippen molar-refractivity contribution < 1.29 is 36.8 Å². The topological polar surface area (TPSA) is 177 Å². The van der Waals surface area contributed by atoms with Crippen LogP contribution >= 0.6 is 0 Å². The van der Waals surface area contributed by atoms with E-state index >= 15 is 4.79 Å². The molecule has 2 saturated carbocycles. The summed E-state index contributed by atoms with van der Waals surface area (Å²) in [6, 6.07) is 59.6. The Kier molecular flexibility index (Phi) is 13.6. The van der Waals surface area contributed by atoms with Crippen LogP contribution in [0.3, 0.4) is 0 Å². The van der Waals surface area contributed by atoms with Crippen molar-refractivity contribution in [3.63, 3.8) is 0 Å². The molecule has 1 aromatic heterocycles. The van der Waals surface area contributed by atoms with Crippen LogP contribution in [-0.2, 0) is 15.5 Å². The zero-order chi connectivity index (χ0) is 54.1. The third-order valence-electron chi connectivity index (χ3n) is 15.2. The Bertz CT molecular complexity index is 4020. The summed E-state index contributed by atoms with van der Waals surface area (Å²) in [5, 5.41) is 20.8. The van der Waals surface area contributed by atoms with Crippen molar-refractivity contribution in [2.24, 2.45) is 11.8 Å². The van der Waals surface area contributed by atoms with Gasteiger partial charge in [-0.3, -0.25) is 14.1 Å².